The molecule has 0 aliphatic heterocycles. The van der Waals surface area contributed by atoms with Crippen molar-refractivity contribution in [3.63, 3.8) is 0 Å². The number of carboxylic acids is 3. The van der Waals surface area contributed by atoms with Crippen molar-refractivity contribution >= 4 is 17.9 Å². The molecule has 0 heterocycles. The van der Waals surface area contributed by atoms with E-state index in [0.29, 0.717) is 6.42 Å². The first kappa shape index (κ1) is 26.1. The predicted molar refractivity (Wildman–Crippen MR) is 106 cm³/mol. The third-order valence-electron chi connectivity index (χ3n) is 4.80. The van der Waals surface area contributed by atoms with Gasteiger partial charge in [0.15, 0.2) is 13.1 Å². The van der Waals surface area contributed by atoms with Crippen molar-refractivity contribution in [2.24, 2.45) is 0 Å². The van der Waals surface area contributed by atoms with Gasteiger partial charge >= 0.3 is 11.9 Å². The van der Waals surface area contributed by atoms with Gasteiger partial charge in [-0.2, -0.15) is 0 Å². The van der Waals surface area contributed by atoms with E-state index >= 15 is 0 Å². The van der Waals surface area contributed by atoms with Crippen LogP contribution < -0.4 is 5.11 Å². The van der Waals surface area contributed by atoms with Crippen LogP contribution in [-0.4, -0.2) is 58.8 Å². The van der Waals surface area contributed by atoms with Crippen LogP contribution in [0.2, 0.25) is 0 Å². The summed E-state index contributed by atoms with van der Waals surface area (Å²) in [6.07, 6.45) is 16.3. The zero-order chi connectivity index (χ0) is 21.3. The number of carbonyl (C=O) groups excluding carboxylic acids is 1. The van der Waals surface area contributed by atoms with Crippen LogP contribution in [0.3, 0.4) is 0 Å². The molecule has 0 saturated carbocycles. The zero-order valence-corrected chi connectivity index (χ0v) is 17.2. The lowest BCUT2D eigenvalue weighted by Gasteiger charge is -2.36. The highest BCUT2D eigenvalue weighted by molar-refractivity contribution is 5.72. The number of hydrogen-bond donors (Lipinski definition) is 2. The fourth-order valence-corrected chi connectivity index (χ4v) is 3.42. The quantitative estimate of drug-likeness (QED) is 0.196. The maximum Gasteiger partial charge on any atom is 0.359 e. The molecule has 7 heteroatoms. The Bertz CT molecular complexity index is 448. The molecule has 28 heavy (non-hydrogen) atoms. The highest BCUT2D eigenvalue weighted by atomic mass is 16.4. The number of unbranched alkanes of at least 4 members (excludes halogenated alkanes) is 9. The Labute approximate surface area is 168 Å². The van der Waals surface area contributed by atoms with Crippen molar-refractivity contribution in [2.45, 2.75) is 77.6 Å². The molecule has 0 rings (SSSR count). The second-order valence-electron chi connectivity index (χ2n) is 7.58. The van der Waals surface area contributed by atoms with Crippen LogP contribution in [0.1, 0.15) is 77.6 Å². The number of carboxylic acid groups (broad SMARTS) is 3. The first-order valence-corrected chi connectivity index (χ1v) is 10.4. The number of allylic oxidation sites excluding steroid dienone is 2. The van der Waals surface area contributed by atoms with Crippen molar-refractivity contribution in [3.05, 3.63) is 12.2 Å². The Morgan fingerprint density at radius 1 is 0.750 bits per heavy atom. The van der Waals surface area contributed by atoms with E-state index in [1.807, 2.05) is 0 Å². The van der Waals surface area contributed by atoms with Gasteiger partial charge in [0.05, 0.1) is 12.5 Å². The van der Waals surface area contributed by atoms with E-state index in [0.717, 1.165) is 44.9 Å². The molecule has 0 radical (unpaired) electrons. The number of aliphatic carboxylic acids is 3. The number of carbonyl (C=O) groups is 3. The smallest absolute Gasteiger partial charge is 0.359 e. The van der Waals surface area contributed by atoms with Crippen molar-refractivity contribution < 1.29 is 34.2 Å². The van der Waals surface area contributed by atoms with E-state index in [9.17, 15) is 19.5 Å². The summed E-state index contributed by atoms with van der Waals surface area (Å²) in [4.78, 5) is 33.2. The summed E-state index contributed by atoms with van der Waals surface area (Å²) in [6, 6.07) is 0. The maximum atomic E-state index is 11.1. The minimum absolute atomic E-state index is 0.215. The molecule has 0 bridgehead atoms. The highest BCUT2D eigenvalue weighted by Crippen LogP contribution is 2.13. The van der Waals surface area contributed by atoms with Crippen LogP contribution in [0.4, 0.5) is 0 Å². The Hall–Kier alpha value is -1.89. The number of nitrogens with zero attached hydrogens (tertiary/aromatic N) is 1. The first-order chi connectivity index (χ1) is 13.3. The van der Waals surface area contributed by atoms with Gasteiger partial charge in [-0.25, -0.2) is 9.59 Å². The van der Waals surface area contributed by atoms with Crippen LogP contribution in [0.25, 0.3) is 0 Å². The zero-order valence-electron chi connectivity index (χ0n) is 17.2. The van der Waals surface area contributed by atoms with Gasteiger partial charge in [0.2, 0.25) is 0 Å². The summed E-state index contributed by atoms with van der Waals surface area (Å²) in [6.45, 7) is 0.774. The molecule has 0 saturated heterocycles. The third kappa shape index (κ3) is 15.2. The Balaban J connectivity index is 4.08. The van der Waals surface area contributed by atoms with E-state index < -0.39 is 42.0 Å². The molecule has 0 aliphatic carbocycles. The molecule has 0 fully saturated rings. The molecule has 0 amide bonds. The van der Waals surface area contributed by atoms with Gasteiger partial charge in [-0.3, -0.25) is 0 Å². The summed E-state index contributed by atoms with van der Waals surface area (Å²) >= 11 is 0. The second-order valence-corrected chi connectivity index (χ2v) is 7.58. The summed E-state index contributed by atoms with van der Waals surface area (Å²) in [5, 5.41) is 29.1. The Kier molecular flexibility index (Phi) is 15.0. The lowest BCUT2D eigenvalue weighted by Crippen LogP contribution is -2.59. The van der Waals surface area contributed by atoms with Gasteiger partial charge in [-0.1, -0.05) is 51.2 Å². The Morgan fingerprint density at radius 3 is 1.68 bits per heavy atom. The molecular weight excluding hydrogens is 362 g/mol. The van der Waals surface area contributed by atoms with Crippen LogP contribution in [0, 0.1) is 0 Å². The summed E-state index contributed by atoms with van der Waals surface area (Å²) in [5.74, 6) is -3.83. The largest absolute Gasteiger partial charge is 0.544 e. The number of quaternary nitrogens is 1. The molecule has 0 unspecified atom stereocenters. The average Bonchev–Trinajstić information content (AvgIpc) is 2.57. The van der Waals surface area contributed by atoms with E-state index in [4.69, 9.17) is 10.2 Å². The number of rotatable bonds is 19. The first-order valence-electron chi connectivity index (χ1n) is 10.4. The van der Waals surface area contributed by atoms with Gasteiger partial charge in [-0.05, 0) is 38.5 Å². The lowest BCUT2D eigenvalue weighted by molar-refractivity contribution is -0.909. The third-order valence-corrected chi connectivity index (χ3v) is 4.80. The molecule has 0 aromatic heterocycles. The summed E-state index contributed by atoms with van der Waals surface area (Å²) < 4.78 is -0.504. The maximum absolute atomic E-state index is 11.1. The van der Waals surface area contributed by atoms with Gasteiger partial charge < -0.3 is 24.6 Å². The van der Waals surface area contributed by atoms with Crippen molar-refractivity contribution in [2.75, 3.05) is 26.2 Å². The van der Waals surface area contributed by atoms with Crippen molar-refractivity contribution in [1.82, 2.24) is 0 Å². The van der Waals surface area contributed by atoms with E-state index in [1.54, 1.807) is 0 Å². The van der Waals surface area contributed by atoms with Crippen molar-refractivity contribution in [3.8, 4) is 0 Å². The SMILES string of the molecule is CCCCC/C=C/CCCCCCCC[N+](CC(=O)[O-])(CC(=O)O)CC(=O)O. The van der Waals surface area contributed by atoms with Crippen LogP contribution >= 0.6 is 0 Å². The van der Waals surface area contributed by atoms with Crippen molar-refractivity contribution in [1.29, 1.82) is 0 Å². The molecular formula is C21H37NO6. The van der Waals surface area contributed by atoms with Gasteiger partial charge in [0.25, 0.3) is 0 Å². The van der Waals surface area contributed by atoms with Crippen LogP contribution in [0.5, 0.6) is 0 Å². The van der Waals surface area contributed by atoms with Gasteiger partial charge in [0, 0.05) is 0 Å². The van der Waals surface area contributed by atoms with Crippen LogP contribution in [-0.2, 0) is 14.4 Å². The van der Waals surface area contributed by atoms with Gasteiger partial charge in [-0.15, -0.1) is 0 Å². The monoisotopic (exact) mass is 399 g/mol. The average molecular weight is 400 g/mol. The summed E-state index contributed by atoms with van der Waals surface area (Å²) in [7, 11) is 0. The number of hydrogen-bond acceptors (Lipinski definition) is 4. The van der Waals surface area contributed by atoms with Crippen LogP contribution in [0.15, 0.2) is 12.2 Å². The molecule has 0 aromatic rings. The molecule has 0 atom stereocenters. The normalized spacial score (nSPS) is 11.8. The predicted octanol–water partition coefficient (Wildman–Crippen LogP) is 2.59. The van der Waals surface area contributed by atoms with E-state index in [1.165, 1.54) is 19.3 Å². The fourth-order valence-electron chi connectivity index (χ4n) is 3.42. The molecule has 2 N–H and O–H groups in total. The minimum Gasteiger partial charge on any atom is -0.544 e. The molecule has 0 aromatic carbocycles. The fraction of sp³-hybridized carbons (Fsp3) is 0.762. The molecule has 0 spiro atoms. The minimum atomic E-state index is -1.43. The molecule has 162 valence electrons. The lowest BCUT2D eigenvalue weighted by atomic mass is 10.1. The summed E-state index contributed by atoms with van der Waals surface area (Å²) in [5.41, 5.74) is 0. The van der Waals surface area contributed by atoms with E-state index in [-0.39, 0.29) is 6.54 Å². The van der Waals surface area contributed by atoms with E-state index in [2.05, 4.69) is 19.1 Å². The standard InChI is InChI=1S/C21H37NO6/c1-2-3-4-5-6-7-8-9-10-11-12-13-14-15-22(16-19(23)24,17-20(25)26)18-21(27)28/h6-7H,2-5,8-18H2,1H3,(H2-,23,24,25,26,27,28)/b7-6+. The topological polar surface area (TPSA) is 115 Å². The molecule has 0 aliphatic rings. The highest BCUT2D eigenvalue weighted by Gasteiger charge is 2.33. The molecule has 7 nitrogen and oxygen atoms in total. The second kappa shape index (κ2) is 16.1. The Morgan fingerprint density at radius 2 is 1.21 bits per heavy atom. The van der Waals surface area contributed by atoms with Gasteiger partial charge in [0.1, 0.15) is 6.54 Å².